The van der Waals surface area contributed by atoms with Crippen LogP contribution in [0.15, 0.2) is 28.7 Å². The van der Waals surface area contributed by atoms with Gasteiger partial charge in [-0.25, -0.2) is 0 Å². The van der Waals surface area contributed by atoms with Crippen molar-refractivity contribution < 1.29 is 4.79 Å². The number of carbonyl (C=O) groups is 1. The molecule has 0 aliphatic heterocycles. The van der Waals surface area contributed by atoms with Crippen molar-refractivity contribution in [2.45, 2.75) is 13.5 Å². The molecule has 2 N–H and O–H groups in total. The Morgan fingerprint density at radius 1 is 1.50 bits per heavy atom. The lowest BCUT2D eigenvalue weighted by Crippen LogP contribution is -2.23. The van der Waals surface area contributed by atoms with Crippen molar-refractivity contribution in [2.75, 3.05) is 0 Å². The maximum Gasteiger partial charge on any atom is 0.272 e. The van der Waals surface area contributed by atoms with E-state index in [1.807, 2.05) is 19.1 Å². The highest BCUT2D eigenvalue weighted by Crippen LogP contribution is 2.21. The summed E-state index contributed by atoms with van der Waals surface area (Å²) < 4.78 is 0.908. The van der Waals surface area contributed by atoms with E-state index >= 15 is 0 Å². The smallest absolute Gasteiger partial charge is 0.272 e. The zero-order valence-corrected chi connectivity index (χ0v) is 12.0. The van der Waals surface area contributed by atoms with Crippen molar-refractivity contribution in [1.82, 2.24) is 15.5 Å². The van der Waals surface area contributed by atoms with Gasteiger partial charge in [-0.1, -0.05) is 33.6 Å². The summed E-state index contributed by atoms with van der Waals surface area (Å²) in [5, 5.41) is 9.99. The van der Waals surface area contributed by atoms with Gasteiger partial charge in [0, 0.05) is 21.7 Å². The number of benzene rings is 1. The third-order valence-electron chi connectivity index (χ3n) is 2.39. The first-order valence-corrected chi connectivity index (χ1v) is 6.47. The van der Waals surface area contributed by atoms with E-state index in [1.54, 1.807) is 12.1 Å². The van der Waals surface area contributed by atoms with Crippen LogP contribution in [0.25, 0.3) is 0 Å². The number of aromatic nitrogens is 2. The van der Waals surface area contributed by atoms with Crippen LogP contribution in [-0.4, -0.2) is 16.1 Å². The Hall–Kier alpha value is -1.33. The maximum atomic E-state index is 11.8. The number of aryl methyl sites for hydroxylation is 1. The summed E-state index contributed by atoms with van der Waals surface area (Å²) in [6, 6.07) is 7.23. The fourth-order valence-electron chi connectivity index (χ4n) is 1.47. The number of aromatic amines is 1. The van der Waals surface area contributed by atoms with E-state index in [1.165, 1.54) is 0 Å². The third kappa shape index (κ3) is 3.11. The lowest BCUT2D eigenvalue weighted by Gasteiger charge is -2.06. The molecule has 2 aromatic rings. The molecule has 1 amide bonds. The van der Waals surface area contributed by atoms with Crippen LogP contribution >= 0.6 is 27.5 Å². The number of rotatable bonds is 3. The van der Waals surface area contributed by atoms with E-state index in [0.29, 0.717) is 17.3 Å². The number of halogens is 2. The average molecular weight is 329 g/mol. The van der Waals surface area contributed by atoms with Gasteiger partial charge in [0.05, 0.1) is 0 Å². The molecule has 1 aromatic heterocycles. The first-order chi connectivity index (χ1) is 8.56. The lowest BCUT2D eigenvalue weighted by molar-refractivity contribution is 0.0946. The molecule has 4 nitrogen and oxygen atoms in total. The first-order valence-electron chi connectivity index (χ1n) is 5.30. The van der Waals surface area contributed by atoms with Gasteiger partial charge in [-0.05, 0) is 30.7 Å². The van der Waals surface area contributed by atoms with Crippen molar-refractivity contribution in [2.24, 2.45) is 0 Å². The molecule has 0 saturated carbocycles. The van der Waals surface area contributed by atoms with Crippen LogP contribution in [0.4, 0.5) is 0 Å². The van der Waals surface area contributed by atoms with Gasteiger partial charge in [0.1, 0.15) is 5.69 Å². The van der Waals surface area contributed by atoms with Gasteiger partial charge in [0.2, 0.25) is 0 Å². The zero-order chi connectivity index (χ0) is 13.1. The molecule has 0 fully saturated rings. The van der Waals surface area contributed by atoms with Crippen molar-refractivity contribution >= 4 is 33.4 Å². The highest BCUT2D eigenvalue weighted by Gasteiger charge is 2.09. The molecule has 0 aliphatic rings. The van der Waals surface area contributed by atoms with Gasteiger partial charge in [-0.15, -0.1) is 0 Å². The number of H-pyrrole nitrogens is 1. The minimum Gasteiger partial charge on any atom is -0.347 e. The van der Waals surface area contributed by atoms with Crippen LogP contribution in [0, 0.1) is 6.92 Å². The van der Waals surface area contributed by atoms with Gasteiger partial charge >= 0.3 is 0 Å². The Morgan fingerprint density at radius 2 is 2.28 bits per heavy atom. The summed E-state index contributed by atoms with van der Waals surface area (Å²) >= 11 is 9.39. The van der Waals surface area contributed by atoms with Crippen molar-refractivity contribution in [3.05, 3.63) is 50.7 Å². The summed E-state index contributed by atoms with van der Waals surface area (Å²) in [5.74, 6) is -0.224. The van der Waals surface area contributed by atoms with E-state index in [2.05, 4.69) is 31.4 Å². The fraction of sp³-hybridized carbons (Fsp3) is 0.167. The molecular weight excluding hydrogens is 318 g/mol. The Labute approximate surface area is 118 Å². The topological polar surface area (TPSA) is 57.8 Å². The molecule has 0 aliphatic carbocycles. The predicted molar refractivity (Wildman–Crippen MR) is 73.6 cm³/mol. The second-order valence-corrected chi connectivity index (χ2v) is 5.18. The highest BCUT2D eigenvalue weighted by molar-refractivity contribution is 9.10. The molecule has 0 saturated heterocycles. The minimum absolute atomic E-state index is 0.224. The number of carbonyl (C=O) groups excluding carboxylic acids is 1. The third-order valence-corrected chi connectivity index (χ3v) is 3.24. The van der Waals surface area contributed by atoms with E-state index in [4.69, 9.17) is 11.6 Å². The SMILES string of the molecule is Cc1cc(C(=O)NCc2ccc(Br)cc2Cl)n[nH]1. The van der Waals surface area contributed by atoms with Crippen LogP contribution < -0.4 is 5.32 Å². The van der Waals surface area contributed by atoms with E-state index < -0.39 is 0 Å². The second-order valence-electron chi connectivity index (χ2n) is 3.85. The van der Waals surface area contributed by atoms with Crippen molar-refractivity contribution in [3.8, 4) is 0 Å². The molecule has 2 rings (SSSR count). The summed E-state index contributed by atoms with van der Waals surface area (Å²) in [6.45, 7) is 2.21. The van der Waals surface area contributed by atoms with E-state index in [0.717, 1.165) is 15.7 Å². The zero-order valence-electron chi connectivity index (χ0n) is 9.63. The Balaban J connectivity index is 2.01. The van der Waals surface area contributed by atoms with Gasteiger partial charge in [0.25, 0.3) is 5.91 Å². The Kier molecular flexibility index (Phi) is 4.04. The van der Waals surface area contributed by atoms with E-state index in [-0.39, 0.29) is 5.91 Å². The van der Waals surface area contributed by atoms with Crippen molar-refractivity contribution in [3.63, 3.8) is 0 Å². The number of hydrogen-bond acceptors (Lipinski definition) is 2. The van der Waals surface area contributed by atoms with Crippen molar-refractivity contribution in [1.29, 1.82) is 0 Å². The molecule has 0 bridgehead atoms. The van der Waals surface area contributed by atoms with Gasteiger partial charge in [-0.3, -0.25) is 9.89 Å². The Bertz CT molecular complexity index is 582. The number of nitrogens with one attached hydrogen (secondary N) is 2. The molecule has 6 heteroatoms. The maximum absolute atomic E-state index is 11.8. The Morgan fingerprint density at radius 3 is 2.89 bits per heavy atom. The molecule has 0 atom stereocenters. The average Bonchev–Trinajstić information content (AvgIpc) is 2.74. The molecule has 0 unspecified atom stereocenters. The predicted octanol–water partition coefficient (Wildman–Crippen LogP) is 3.06. The molecule has 94 valence electrons. The molecular formula is C12H11BrClN3O. The molecule has 1 aromatic carbocycles. The van der Waals surface area contributed by atoms with Crippen LogP contribution in [0.3, 0.4) is 0 Å². The molecule has 0 radical (unpaired) electrons. The van der Waals surface area contributed by atoms with Gasteiger partial charge in [-0.2, -0.15) is 5.10 Å². The summed E-state index contributed by atoms with van der Waals surface area (Å²) in [5.41, 5.74) is 2.09. The van der Waals surface area contributed by atoms with Crippen LogP contribution in [0.2, 0.25) is 5.02 Å². The molecule has 0 spiro atoms. The summed E-state index contributed by atoms with van der Waals surface area (Å²) in [7, 11) is 0. The molecule has 18 heavy (non-hydrogen) atoms. The minimum atomic E-state index is -0.224. The lowest BCUT2D eigenvalue weighted by atomic mass is 10.2. The van der Waals surface area contributed by atoms with Gasteiger partial charge in [0.15, 0.2) is 0 Å². The standard InChI is InChI=1S/C12H11BrClN3O/c1-7-4-11(17-16-7)12(18)15-6-8-2-3-9(13)5-10(8)14/h2-5H,6H2,1H3,(H,15,18)(H,16,17). The summed E-state index contributed by atoms with van der Waals surface area (Å²) in [6.07, 6.45) is 0. The van der Waals surface area contributed by atoms with Crippen LogP contribution in [0.5, 0.6) is 0 Å². The first kappa shape index (κ1) is 13.1. The van der Waals surface area contributed by atoms with Crippen LogP contribution in [-0.2, 0) is 6.54 Å². The quantitative estimate of drug-likeness (QED) is 0.910. The number of nitrogens with zero attached hydrogens (tertiary/aromatic N) is 1. The fourth-order valence-corrected chi connectivity index (χ4v) is 2.21. The molecule has 1 heterocycles. The largest absolute Gasteiger partial charge is 0.347 e. The monoisotopic (exact) mass is 327 g/mol. The number of amides is 1. The van der Waals surface area contributed by atoms with E-state index in [9.17, 15) is 4.79 Å². The highest BCUT2D eigenvalue weighted by atomic mass is 79.9. The normalized spacial score (nSPS) is 10.4. The van der Waals surface area contributed by atoms with Crippen LogP contribution in [0.1, 0.15) is 21.7 Å². The summed E-state index contributed by atoms with van der Waals surface area (Å²) in [4.78, 5) is 11.8. The second kappa shape index (κ2) is 5.54. The number of hydrogen-bond donors (Lipinski definition) is 2. The van der Waals surface area contributed by atoms with Gasteiger partial charge < -0.3 is 5.32 Å².